The lowest BCUT2D eigenvalue weighted by Gasteiger charge is -2.33. The van der Waals surface area contributed by atoms with Crippen LogP contribution in [-0.2, 0) is 4.79 Å². The molecule has 5 nitrogen and oxygen atoms in total. The second kappa shape index (κ2) is 8.88. The molecule has 0 unspecified atom stereocenters. The van der Waals surface area contributed by atoms with Gasteiger partial charge in [0.15, 0.2) is 0 Å². The summed E-state index contributed by atoms with van der Waals surface area (Å²) in [6, 6.07) is 9.83. The summed E-state index contributed by atoms with van der Waals surface area (Å²) >= 11 is 0. The van der Waals surface area contributed by atoms with Crippen molar-refractivity contribution >= 4 is 5.91 Å². The molecule has 0 aromatic heterocycles. The summed E-state index contributed by atoms with van der Waals surface area (Å²) < 4.78 is 0. The number of aliphatic hydroxyl groups is 1. The summed E-state index contributed by atoms with van der Waals surface area (Å²) in [5, 5.41) is 13.6. The topological polar surface area (TPSA) is 78.6 Å². The lowest BCUT2D eigenvalue weighted by molar-refractivity contribution is -0.117. The summed E-state index contributed by atoms with van der Waals surface area (Å²) in [5.41, 5.74) is 6.10. The first-order valence-electron chi connectivity index (χ1n) is 8.09. The van der Waals surface area contributed by atoms with E-state index in [1.54, 1.807) is 0 Å². The van der Waals surface area contributed by atoms with Gasteiger partial charge in [0.25, 0.3) is 0 Å². The van der Waals surface area contributed by atoms with E-state index < -0.39 is 6.10 Å². The highest BCUT2D eigenvalue weighted by Gasteiger charge is 2.21. The Labute approximate surface area is 132 Å². The molecule has 0 aliphatic carbocycles. The van der Waals surface area contributed by atoms with E-state index in [1.165, 1.54) is 0 Å². The van der Waals surface area contributed by atoms with Gasteiger partial charge in [0.05, 0.1) is 6.10 Å². The van der Waals surface area contributed by atoms with Gasteiger partial charge in [-0.25, -0.2) is 0 Å². The van der Waals surface area contributed by atoms with E-state index in [2.05, 4.69) is 10.2 Å². The molecule has 0 saturated carbocycles. The van der Waals surface area contributed by atoms with Crippen molar-refractivity contribution in [3.8, 4) is 0 Å². The Morgan fingerprint density at radius 3 is 2.64 bits per heavy atom. The number of carbonyl (C=O) groups is 1. The van der Waals surface area contributed by atoms with Crippen molar-refractivity contribution in [3.63, 3.8) is 0 Å². The quantitative estimate of drug-likeness (QED) is 0.624. The zero-order valence-corrected chi connectivity index (χ0v) is 13.1. The summed E-state index contributed by atoms with van der Waals surface area (Å²) in [6.07, 6.45) is 2.25. The fourth-order valence-corrected chi connectivity index (χ4v) is 2.92. The second-order valence-electron chi connectivity index (χ2n) is 6.09. The van der Waals surface area contributed by atoms with E-state index in [-0.39, 0.29) is 5.91 Å². The van der Waals surface area contributed by atoms with Crippen LogP contribution in [0.5, 0.6) is 0 Å². The van der Waals surface area contributed by atoms with E-state index in [0.717, 1.165) is 38.0 Å². The number of benzene rings is 1. The third kappa shape index (κ3) is 5.75. The molecule has 1 amide bonds. The number of rotatable bonds is 8. The molecule has 2 rings (SSSR count). The first-order chi connectivity index (χ1) is 10.6. The molecule has 1 aromatic rings. The molecule has 4 N–H and O–H groups in total. The maximum absolute atomic E-state index is 10.7. The Balaban J connectivity index is 1.64. The van der Waals surface area contributed by atoms with Crippen LogP contribution >= 0.6 is 0 Å². The molecule has 0 bridgehead atoms. The van der Waals surface area contributed by atoms with E-state index in [0.29, 0.717) is 25.4 Å². The highest BCUT2D eigenvalue weighted by molar-refractivity contribution is 5.73. The van der Waals surface area contributed by atoms with Gasteiger partial charge in [0, 0.05) is 19.5 Å². The van der Waals surface area contributed by atoms with Crippen LogP contribution in [0.2, 0.25) is 0 Å². The number of amides is 1. The Kier molecular flexibility index (Phi) is 6.83. The van der Waals surface area contributed by atoms with Gasteiger partial charge < -0.3 is 21.1 Å². The number of nitrogens with two attached hydrogens (primary N) is 1. The first kappa shape index (κ1) is 16.9. The molecule has 122 valence electrons. The number of likely N-dealkylation sites (tertiary alicyclic amines) is 1. The Morgan fingerprint density at radius 1 is 1.32 bits per heavy atom. The number of aliphatic hydroxyl groups excluding tert-OH is 1. The molecule has 5 heteroatoms. The van der Waals surface area contributed by atoms with Gasteiger partial charge in [-0.15, -0.1) is 0 Å². The Morgan fingerprint density at radius 2 is 2.00 bits per heavy atom. The van der Waals surface area contributed by atoms with Crippen LogP contribution in [0, 0.1) is 5.92 Å². The van der Waals surface area contributed by atoms with Crippen LogP contribution < -0.4 is 11.1 Å². The average Bonchev–Trinajstić information content (AvgIpc) is 2.54. The van der Waals surface area contributed by atoms with Crippen molar-refractivity contribution in [2.75, 3.05) is 32.7 Å². The number of nitrogens with one attached hydrogen (secondary N) is 1. The van der Waals surface area contributed by atoms with E-state index in [9.17, 15) is 9.90 Å². The summed E-state index contributed by atoms with van der Waals surface area (Å²) in [5.74, 6) is 0.398. The number of carbonyl (C=O) groups excluding carboxylic acids is 1. The minimum Gasteiger partial charge on any atom is -0.387 e. The first-order valence-corrected chi connectivity index (χ1v) is 8.09. The minimum absolute atomic E-state index is 0.253. The number of nitrogens with zero attached hydrogens (tertiary/aromatic N) is 1. The van der Waals surface area contributed by atoms with Crippen LogP contribution in [0.3, 0.4) is 0 Å². The van der Waals surface area contributed by atoms with Crippen molar-refractivity contribution < 1.29 is 9.90 Å². The molecule has 1 atom stereocenters. The van der Waals surface area contributed by atoms with Crippen molar-refractivity contribution in [3.05, 3.63) is 35.9 Å². The molecule has 1 fully saturated rings. The van der Waals surface area contributed by atoms with Crippen molar-refractivity contribution in [1.82, 2.24) is 10.2 Å². The molecule has 0 radical (unpaired) electrons. The predicted octanol–water partition coefficient (Wildman–Crippen LogP) is 0.897. The molecule has 1 aliphatic heterocycles. The number of β-amino-alcohol motifs (C(OH)–C–C–N with tert-alkyl or cyclic N) is 1. The molecule has 22 heavy (non-hydrogen) atoms. The Bertz CT molecular complexity index is 444. The highest BCUT2D eigenvalue weighted by Crippen LogP contribution is 2.20. The third-order valence-electron chi connectivity index (χ3n) is 4.30. The predicted molar refractivity (Wildman–Crippen MR) is 87.2 cm³/mol. The molecule has 1 heterocycles. The van der Waals surface area contributed by atoms with E-state index in [4.69, 9.17) is 5.73 Å². The fraction of sp³-hybridized carbons (Fsp3) is 0.588. The fourth-order valence-electron chi connectivity index (χ4n) is 2.92. The largest absolute Gasteiger partial charge is 0.387 e. The van der Waals surface area contributed by atoms with Gasteiger partial charge in [-0.05, 0) is 44.0 Å². The lowest BCUT2D eigenvalue weighted by atomic mass is 9.96. The molecular weight excluding hydrogens is 278 g/mol. The van der Waals surface area contributed by atoms with Gasteiger partial charge in [-0.3, -0.25) is 4.79 Å². The van der Waals surface area contributed by atoms with E-state index in [1.807, 2.05) is 30.3 Å². The monoisotopic (exact) mass is 305 g/mol. The number of piperidine rings is 1. The van der Waals surface area contributed by atoms with Gasteiger partial charge in [-0.2, -0.15) is 0 Å². The highest BCUT2D eigenvalue weighted by atomic mass is 16.3. The molecule has 0 spiro atoms. The Hall–Kier alpha value is -1.43. The van der Waals surface area contributed by atoms with Crippen molar-refractivity contribution in [2.24, 2.45) is 11.7 Å². The summed E-state index contributed by atoms with van der Waals surface area (Å²) in [6.45, 7) is 4.36. The minimum atomic E-state index is -0.411. The SMILES string of the molecule is NC(=O)CCNCC1CCN(C[C@H](O)c2ccccc2)CC1. The van der Waals surface area contributed by atoms with Crippen molar-refractivity contribution in [1.29, 1.82) is 0 Å². The summed E-state index contributed by atoms with van der Waals surface area (Å²) in [7, 11) is 0. The van der Waals surface area contributed by atoms with Crippen LogP contribution in [0.25, 0.3) is 0 Å². The van der Waals surface area contributed by atoms with E-state index >= 15 is 0 Å². The molecule has 1 aromatic carbocycles. The van der Waals surface area contributed by atoms with Crippen molar-refractivity contribution in [2.45, 2.75) is 25.4 Å². The molecule has 1 aliphatic rings. The van der Waals surface area contributed by atoms with Gasteiger partial charge in [-0.1, -0.05) is 30.3 Å². The standard InChI is InChI=1S/C17H27N3O2/c18-17(22)6-9-19-12-14-7-10-20(11-8-14)13-16(21)15-4-2-1-3-5-15/h1-5,14,16,19,21H,6-13H2,(H2,18,22)/t16-/m0/s1. The number of primary amides is 1. The van der Waals surface area contributed by atoms with Gasteiger partial charge in [0.1, 0.15) is 0 Å². The van der Waals surface area contributed by atoms with Gasteiger partial charge >= 0.3 is 0 Å². The zero-order valence-electron chi connectivity index (χ0n) is 13.1. The number of hydrogen-bond donors (Lipinski definition) is 3. The maximum Gasteiger partial charge on any atom is 0.218 e. The third-order valence-corrected chi connectivity index (χ3v) is 4.30. The van der Waals surface area contributed by atoms with Crippen LogP contribution in [0.15, 0.2) is 30.3 Å². The van der Waals surface area contributed by atoms with Gasteiger partial charge in [0.2, 0.25) is 5.91 Å². The second-order valence-corrected chi connectivity index (χ2v) is 6.09. The maximum atomic E-state index is 10.7. The molecule has 1 saturated heterocycles. The smallest absolute Gasteiger partial charge is 0.218 e. The zero-order chi connectivity index (χ0) is 15.8. The normalized spacial score (nSPS) is 18.2. The molecular formula is C17H27N3O2. The van der Waals surface area contributed by atoms with Crippen LogP contribution in [-0.4, -0.2) is 48.6 Å². The van der Waals surface area contributed by atoms with Crippen LogP contribution in [0.4, 0.5) is 0 Å². The lowest BCUT2D eigenvalue weighted by Crippen LogP contribution is -2.39. The number of hydrogen-bond acceptors (Lipinski definition) is 4. The average molecular weight is 305 g/mol. The summed E-state index contributed by atoms with van der Waals surface area (Å²) in [4.78, 5) is 13.0. The van der Waals surface area contributed by atoms with Crippen LogP contribution in [0.1, 0.15) is 30.9 Å².